The average molecular weight is 557 g/mol. The van der Waals surface area contributed by atoms with Gasteiger partial charge in [0.05, 0.1) is 17.9 Å². The molecule has 0 aliphatic heterocycles. The summed E-state index contributed by atoms with van der Waals surface area (Å²) in [7, 11) is -4.00. The molecule has 9 nitrogen and oxygen atoms in total. The Balaban J connectivity index is 1.39. The van der Waals surface area contributed by atoms with Crippen LogP contribution in [0.2, 0.25) is 0 Å². The van der Waals surface area contributed by atoms with Crippen LogP contribution in [0.5, 0.6) is 0 Å². The minimum absolute atomic E-state index is 0.0393. The van der Waals surface area contributed by atoms with Crippen molar-refractivity contribution >= 4 is 39.0 Å². The highest BCUT2D eigenvalue weighted by molar-refractivity contribution is 7.91. The molecule has 0 saturated carbocycles. The Bertz CT molecular complexity index is 1590. The maximum Gasteiger partial charge on any atom is 0.305 e. The number of nitrogens with two attached hydrogens (primary N) is 1. The van der Waals surface area contributed by atoms with E-state index in [4.69, 9.17) is 5.73 Å². The van der Waals surface area contributed by atoms with E-state index in [1.807, 2.05) is 30.3 Å². The van der Waals surface area contributed by atoms with Gasteiger partial charge in [-0.3, -0.25) is 9.59 Å². The van der Waals surface area contributed by atoms with Crippen LogP contribution in [0.4, 0.5) is 11.4 Å². The van der Waals surface area contributed by atoms with E-state index in [1.165, 1.54) is 24.3 Å². The summed E-state index contributed by atoms with van der Waals surface area (Å²) in [5.74, 6) is -1.36. The molecule has 10 heteroatoms. The Morgan fingerprint density at radius 3 is 1.93 bits per heavy atom. The van der Waals surface area contributed by atoms with Crippen LogP contribution in [-0.2, 0) is 21.2 Å². The molecule has 0 bridgehead atoms. The first-order valence-corrected chi connectivity index (χ1v) is 13.9. The molecular weight excluding hydrogens is 528 g/mol. The number of benzene rings is 4. The standard InChI is InChI=1S/C30H28N4O5S/c31-30(32-20-21-7-3-1-4-8-21)34-25-13-11-23(12-14-25)29(37)33-24-15-17-26(18-16-24)40(38,39)27(19-28(35)36)22-9-5-2-6-10-22/h1-18,27H,19-20H2,(H,33,37)(H,35,36)(H3,31,32,34). The van der Waals surface area contributed by atoms with Gasteiger partial charge in [0, 0.05) is 16.9 Å². The molecule has 40 heavy (non-hydrogen) atoms. The summed E-state index contributed by atoms with van der Waals surface area (Å²) in [4.78, 5) is 28.4. The van der Waals surface area contributed by atoms with E-state index < -0.39 is 27.5 Å². The van der Waals surface area contributed by atoms with Gasteiger partial charge in [-0.2, -0.15) is 0 Å². The van der Waals surface area contributed by atoms with Crippen molar-refractivity contribution in [3.63, 3.8) is 0 Å². The molecular formula is C30H28N4O5S. The highest BCUT2D eigenvalue weighted by Gasteiger charge is 2.31. The number of carboxylic acid groups (broad SMARTS) is 1. The number of carbonyl (C=O) groups is 2. The molecule has 0 spiro atoms. The maximum absolute atomic E-state index is 13.3. The summed E-state index contributed by atoms with van der Waals surface area (Å²) >= 11 is 0. The van der Waals surface area contributed by atoms with E-state index in [9.17, 15) is 23.1 Å². The minimum Gasteiger partial charge on any atom is -0.481 e. The van der Waals surface area contributed by atoms with Gasteiger partial charge in [0.2, 0.25) is 0 Å². The van der Waals surface area contributed by atoms with Crippen molar-refractivity contribution in [2.24, 2.45) is 10.7 Å². The number of sulfone groups is 1. The summed E-state index contributed by atoms with van der Waals surface area (Å²) in [6.07, 6.45) is -0.569. The fourth-order valence-corrected chi connectivity index (χ4v) is 5.70. The highest BCUT2D eigenvalue weighted by atomic mass is 32.2. The normalized spacial score (nSPS) is 12.3. The average Bonchev–Trinajstić information content (AvgIpc) is 2.96. The minimum atomic E-state index is -4.00. The first kappa shape index (κ1) is 28.1. The van der Waals surface area contributed by atoms with Crippen molar-refractivity contribution in [2.75, 3.05) is 10.6 Å². The largest absolute Gasteiger partial charge is 0.481 e. The van der Waals surface area contributed by atoms with Gasteiger partial charge in [-0.25, -0.2) is 13.4 Å². The van der Waals surface area contributed by atoms with Gasteiger partial charge >= 0.3 is 5.97 Å². The Hall–Kier alpha value is -4.96. The maximum atomic E-state index is 13.3. The van der Waals surface area contributed by atoms with E-state index in [0.29, 0.717) is 29.0 Å². The van der Waals surface area contributed by atoms with E-state index in [2.05, 4.69) is 15.6 Å². The van der Waals surface area contributed by atoms with E-state index >= 15 is 0 Å². The van der Waals surface area contributed by atoms with Crippen LogP contribution >= 0.6 is 0 Å². The summed E-state index contributed by atoms with van der Waals surface area (Å²) in [5.41, 5.74) is 8.81. The molecule has 4 aromatic rings. The Morgan fingerprint density at radius 1 is 0.775 bits per heavy atom. The number of hydrogen-bond donors (Lipinski definition) is 4. The molecule has 4 rings (SSSR count). The molecule has 1 unspecified atom stereocenters. The van der Waals surface area contributed by atoms with Gasteiger partial charge in [-0.1, -0.05) is 60.7 Å². The van der Waals surface area contributed by atoms with Crippen LogP contribution in [0.3, 0.4) is 0 Å². The second kappa shape index (κ2) is 12.7. The second-order valence-electron chi connectivity index (χ2n) is 8.91. The molecule has 0 heterocycles. The first-order valence-electron chi connectivity index (χ1n) is 12.4. The number of carbonyl (C=O) groups excluding carboxylic acids is 1. The smallest absolute Gasteiger partial charge is 0.305 e. The molecule has 0 fully saturated rings. The van der Waals surface area contributed by atoms with E-state index in [1.54, 1.807) is 54.6 Å². The fourth-order valence-electron chi connectivity index (χ4n) is 3.98. The molecule has 1 amide bonds. The third-order valence-corrected chi connectivity index (χ3v) is 8.16. The van der Waals surface area contributed by atoms with E-state index in [0.717, 1.165) is 5.56 Å². The van der Waals surface area contributed by atoms with Gasteiger partial charge in [-0.15, -0.1) is 0 Å². The number of hydrogen-bond acceptors (Lipinski definition) is 5. The number of nitrogens with zero attached hydrogens (tertiary/aromatic N) is 1. The van der Waals surface area contributed by atoms with Crippen molar-refractivity contribution in [3.05, 3.63) is 126 Å². The van der Waals surface area contributed by atoms with Crippen LogP contribution < -0.4 is 16.4 Å². The molecule has 0 aliphatic carbocycles. The molecule has 5 N–H and O–H groups in total. The molecule has 4 aromatic carbocycles. The monoisotopic (exact) mass is 556 g/mol. The van der Waals surface area contributed by atoms with Crippen LogP contribution in [0.1, 0.15) is 33.2 Å². The van der Waals surface area contributed by atoms with Crippen molar-refractivity contribution in [3.8, 4) is 0 Å². The van der Waals surface area contributed by atoms with Gasteiger partial charge in [0.15, 0.2) is 15.8 Å². The second-order valence-corrected chi connectivity index (χ2v) is 11.0. The molecule has 0 aliphatic rings. The van der Waals surface area contributed by atoms with Crippen LogP contribution in [0, 0.1) is 0 Å². The Morgan fingerprint density at radius 2 is 1.32 bits per heavy atom. The van der Waals surface area contributed by atoms with Gasteiger partial charge in [0.1, 0.15) is 5.25 Å². The zero-order valence-corrected chi connectivity index (χ0v) is 22.2. The quantitative estimate of drug-likeness (QED) is 0.161. The number of guanidine groups is 1. The number of aliphatic imine (C=N–C) groups is 1. The highest BCUT2D eigenvalue weighted by Crippen LogP contribution is 2.32. The van der Waals surface area contributed by atoms with Gasteiger partial charge in [-0.05, 0) is 59.7 Å². The fraction of sp³-hybridized carbons (Fsp3) is 0.100. The summed E-state index contributed by atoms with van der Waals surface area (Å²) in [5, 5.41) is 13.8. The third-order valence-electron chi connectivity index (χ3n) is 6.04. The molecule has 0 radical (unpaired) electrons. The lowest BCUT2D eigenvalue weighted by molar-refractivity contribution is -0.137. The number of nitrogens with one attached hydrogen (secondary N) is 2. The number of amides is 1. The number of rotatable bonds is 10. The summed E-state index contributed by atoms with van der Waals surface area (Å²) in [6.45, 7) is 0.437. The SMILES string of the molecule is NC(=NCc1ccccc1)Nc1ccc(C(=O)Nc2ccc(S(=O)(=O)C(CC(=O)O)c3ccccc3)cc2)cc1. The predicted octanol–water partition coefficient (Wildman–Crippen LogP) is 4.86. The molecule has 204 valence electrons. The summed E-state index contributed by atoms with van der Waals surface area (Å²) in [6, 6.07) is 30.2. The Kier molecular flexibility index (Phi) is 8.93. The topological polar surface area (TPSA) is 151 Å². The van der Waals surface area contributed by atoms with Crippen molar-refractivity contribution in [1.29, 1.82) is 0 Å². The van der Waals surface area contributed by atoms with Crippen molar-refractivity contribution in [2.45, 2.75) is 23.1 Å². The molecule has 0 aromatic heterocycles. The third kappa shape index (κ3) is 7.33. The van der Waals surface area contributed by atoms with Gasteiger partial charge in [0.25, 0.3) is 5.91 Å². The van der Waals surface area contributed by atoms with Crippen molar-refractivity contribution in [1.82, 2.24) is 0 Å². The Labute approximate surface area is 232 Å². The zero-order chi connectivity index (χ0) is 28.5. The summed E-state index contributed by atoms with van der Waals surface area (Å²) < 4.78 is 26.5. The van der Waals surface area contributed by atoms with Crippen LogP contribution in [-0.4, -0.2) is 31.4 Å². The van der Waals surface area contributed by atoms with Gasteiger partial charge < -0.3 is 21.5 Å². The lowest BCUT2D eigenvalue weighted by Crippen LogP contribution is -2.22. The number of anilines is 2. The lowest BCUT2D eigenvalue weighted by Gasteiger charge is -2.17. The van der Waals surface area contributed by atoms with Crippen molar-refractivity contribution < 1.29 is 23.1 Å². The number of carboxylic acids is 1. The van der Waals surface area contributed by atoms with Crippen LogP contribution in [0.15, 0.2) is 119 Å². The molecule has 1 atom stereocenters. The predicted molar refractivity (Wildman–Crippen MR) is 155 cm³/mol. The zero-order valence-electron chi connectivity index (χ0n) is 21.4. The lowest BCUT2D eigenvalue weighted by atomic mass is 10.1. The number of aliphatic carboxylic acids is 1. The van der Waals surface area contributed by atoms with E-state index in [-0.39, 0.29) is 16.8 Å². The molecule has 0 saturated heterocycles. The van der Waals surface area contributed by atoms with Crippen LogP contribution in [0.25, 0.3) is 0 Å². The first-order chi connectivity index (χ1) is 19.2.